The first kappa shape index (κ1) is 16.8. The number of nitrogens with zero attached hydrogens (tertiary/aromatic N) is 1. The summed E-state index contributed by atoms with van der Waals surface area (Å²) in [5.74, 6) is -0.500. The van der Waals surface area contributed by atoms with Gasteiger partial charge >= 0.3 is 12.1 Å². The first-order chi connectivity index (χ1) is 9.04. The minimum absolute atomic E-state index is 0.118. The van der Waals surface area contributed by atoms with E-state index in [0.29, 0.717) is 19.7 Å². The third-order valence-corrected chi connectivity index (χ3v) is 3.13. The van der Waals surface area contributed by atoms with Crippen LogP contribution < -0.4 is 0 Å². The molecule has 1 rings (SSSR count). The van der Waals surface area contributed by atoms with E-state index in [1.165, 1.54) is 0 Å². The van der Waals surface area contributed by atoms with Crippen LogP contribution in [0.3, 0.4) is 0 Å². The minimum atomic E-state index is -0.530. The second kappa shape index (κ2) is 6.02. The number of rotatable bonds is 2. The van der Waals surface area contributed by atoms with Gasteiger partial charge in [-0.05, 0) is 39.5 Å². The van der Waals surface area contributed by atoms with Gasteiger partial charge in [-0.1, -0.05) is 13.8 Å². The van der Waals surface area contributed by atoms with E-state index in [1.54, 1.807) is 11.8 Å². The van der Waals surface area contributed by atoms with E-state index in [0.717, 1.165) is 6.42 Å². The number of esters is 1. The molecule has 0 saturated carbocycles. The summed E-state index contributed by atoms with van der Waals surface area (Å²) in [6.07, 6.45) is 0.366. The summed E-state index contributed by atoms with van der Waals surface area (Å²) < 4.78 is 10.5. The van der Waals surface area contributed by atoms with Crippen molar-refractivity contribution >= 4 is 12.1 Å². The van der Waals surface area contributed by atoms with E-state index in [-0.39, 0.29) is 23.4 Å². The van der Waals surface area contributed by atoms with E-state index in [9.17, 15) is 9.59 Å². The number of likely N-dealkylation sites (tertiary alicyclic amines) is 1. The number of carbonyl (C=O) groups excluding carboxylic acids is 2. The summed E-state index contributed by atoms with van der Waals surface area (Å²) >= 11 is 0. The molecule has 1 saturated heterocycles. The normalized spacial score (nSPS) is 22.3. The number of amides is 1. The second-order valence-corrected chi connectivity index (χ2v) is 7.18. The van der Waals surface area contributed by atoms with Crippen LogP contribution in [0.1, 0.15) is 48.0 Å². The predicted octanol–water partition coefficient (Wildman–Crippen LogP) is 2.83. The molecule has 116 valence electrons. The maximum absolute atomic E-state index is 12.2. The van der Waals surface area contributed by atoms with Crippen LogP contribution in [0, 0.1) is 11.3 Å². The van der Waals surface area contributed by atoms with E-state index in [4.69, 9.17) is 9.47 Å². The van der Waals surface area contributed by atoms with Crippen molar-refractivity contribution in [3.05, 3.63) is 0 Å². The predicted molar refractivity (Wildman–Crippen MR) is 76.3 cm³/mol. The van der Waals surface area contributed by atoms with Crippen molar-refractivity contribution in [1.29, 1.82) is 0 Å². The fraction of sp³-hybridized carbons (Fsp3) is 0.867. The lowest BCUT2D eigenvalue weighted by molar-refractivity contribution is -0.151. The SMILES string of the molecule is CCOC(=O)C1CN(C(=O)OC(C)(C)C)CC(C)(C)C1. The zero-order valence-corrected chi connectivity index (χ0v) is 13.5. The maximum Gasteiger partial charge on any atom is 0.410 e. The highest BCUT2D eigenvalue weighted by Gasteiger charge is 2.40. The van der Waals surface area contributed by atoms with E-state index in [1.807, 2.05) is 20.8 Å². The van der Waals surface area contributed by atoms with Crippen molar-refractivity contribution in [2.45, 2.75) is 53.6 Å². The number of piperidine rings is 1. The van der Waals surface area contributed by atoms with Crippen molar-refractivity contribution in [3.8, 4) is 0 Å². The van der Waals surface area contributed by atoms with Gasteiger partial charge in [0.05, 0.1) is 12.5 Å². The molecule has 0 radical (unpaired) electrons. The van der Waals surface area contributed by atoms with Crippen molar-refractivity contribution in [2.24, 2.45) is 11.3 Å². The van der Waals surface area contributed by atoms with E-state index < -0.39 is 5.60 Å². The van der Waals surface area contributed by atoms with E-state index >= 15 is 0 Å². The fourth-order valence-electron chi connectivity index (χ4n) is 2.53. The summed E-state index contributed by atoms with van der Waals surface area (Å²) in [4.78, 5) is 25.7. The van der Waals surface area contributed by atoms with Gasteiger partial charge in [0.2, 0.25) is 0 Å². The standard InChI is InChI=1S/C15H27NO4/c1-7-19-12(17)11-8-15(5,6)10-16(9-11)13(18)20-14(2,3)4/h11H,7-10H2,1-6H3. The van der Waals surface area contributed by atoms with Crippen LogP contribution in [0.5, 0.6) is 0 Å². The summed E-state index contributed by atoms with van der Waals surface area (Å²) in [5, 5.41) is 0. The van der Waals surface area contributed by atoms with Crippen LogP contribution in [-0.2, 0) is 14.3 Å². The van der Waals surface area contributed by atoms with Gasteiger partial charge < -0.3 is 14.4 Å². The van der Waals surface area contributed by atoms with Crippen LogP contribution in [-0.4, -0.2) is 42.3 Å². The topological polar surface area (TPSA) is 55.8 Å². The third-order valence-electron chi connectivity index (χ3n) is 3.13. The molecule has 1 unspecified atom stereocenters. The molecule has 1 fully saturated rings. The molecule has 0 bridgehead atoms. The molecule has 5 heteroatoms. The number of ether oxygens (including phenoxy) is 2. The Morgan fingerprint density at radius 1 is 1.30 bits per heavy atom. The van der Waals surface area contributed by atoms with Crippen molar-refractivity contribution in [3.63, 3.8) is 0 Å². The summed E-state index contributed by atoms with van der Waals surface area (Å²) in [5.41, 5.74) is -0.648. The van der Waals surface area contributed by atoms with Crippen molar-refractivity contribution in [1.82, 2.24) is 4.90 Å². The number of carbonyl (C=O) groups is 2. The Kier molecular flexibility index (Phi) is 5.05. The van der Waals surface area contributed by atoms with Crippen LogP contribution in [0.15, 0.2) is 0 Å². The molecule has 0 aromatic rings. The molecule has 0 aliphatic carbocycles. The maximum atomic E-state index is 12.2. The summed E-state index contributed by atoms with van der Waals surface area (Å²) in [6.45, 7) is 12.7. The first-order valence-electron chi connectivity index (χ1n) is 7.18. The molecule has 20 heavy (non-hydrogen) atoms. The smallest absolute Gasteiger partial charge is 0.410 e. The van der Waals surface area contributed by atoms with Crippen LogP contribution in [0.25, 0.3) is 0 Å². The van der Waals surface area contributed by atoms with Gasteiger partial charge in [-0.25, -0.2) is 4.79 Å². The summed E-state index contributed by atoms with van der Waals surface area (Å²) in [7, 11) is 0. The van der Waals surface area contributed by atoms with Crippen LogP contribution in [0.2, 0.25) is 0 Å². The Balaban J connectivity index is 2.77. The molecule has 1 amide bonds. The van der Waals surface area contributed by atoms with E-state index in [2.05, 4.69) is 13.8 Å². The fourth-order valence-corrected chi connectivity index (χ4v) is 2.53. The number of hydrogen-bond acceptors (Lipinski definition) is 4. The van der Waals surface area contributed by atoms with Crippen LogP contribution >= 0.6 is 0 Å². The Hall–Kier alpha value is -1.26. The molecule has 1 heterocycles. The lowest BCUT2D eigenvalue weighted by Crippen LogP contribution is -2.51. The molecule has 0 aromatic heterocycles. The van der Waals surface area contributed by atoms with Gasteiger partial charge in [-0.3, -0.25) is 4.79 Å². The van der Waals surface area contributed by atoms with Crippen molar-refractivity contribution in [2.75, 3.05) is 19.7 Å². The van der Waals surface area contributed by atoms with Gasteiger partial charge in [0.15, 0.2) is 0 Å². The molecule has 1 aliphatic heterocycles. The highest BCUT2D eigenvalue weighted by atomic mass is 16.6. The largest absolute Gasteiger partial charge is 0.466 e. The minimum Gasteiger partial charge on any atom is -0.466 e. The monoisotopic (exact) mass is 285 g/mol. The highest BCUT2D eigenvalue weighted by molar-refractivity contribution is 5.75. The van der Waals surface area contributed by atoms with Crippen molar-refractivity contribution < 1.29 is 19.1 Å². The van der Waals surface area contributed by atoms with Gasteiger partial charge in [0.25, 0.3) is 0 Å². The van der Waals surface area contributed by atoms with Gasteiger partial charge in [-0.15, -0.1) is 0 Å². The average Bonchev–Trinajstić information content (AvgIpc) is 2.24. The molecule has 0 N–H and O–H groups in total. The Morgan fingerprint density at radius 3 is 2.40 bits per heavy atom. The average molecular weight is 285 g/mol. The van der Waals surface area contributed by atoms with Crippen LogP contribution in [0.4, 0.5) is 4.79 Å². The first-order valence-corrected chi connectivity index (χ1v) is 7.18. The molecule has 1 atom stereocenters. The lowest BCUT2D eigenvalue weighted by Gasteiger charge is -2.41. The van der Waals surface area contributed by atoms with Gasteiger partial charge in [-0.2, -0.15) is 0 Å². The molecule has 0 aromatic carbocycles. The number of hydrogen-bond donors (Lipinski definition) is 0. The highest BCUT2D eigenvalue weighted by Crippen LogP contribution is 2.33. The lowest BCUT2D eigenvalue weighted by atomic mass is 9.78. The Morgan fingerprint density at radius 2 is 1.90 bits per heavy atom. The molecular weight excluding hydrogens is 258 g/mol. The third kappa shape index (κ3) is 5.02. The zero-order valence-electron chi connectivity index (χ0n) is 13.5. The molecule has 5 nitrogen and oxygen atoms in total. The van der Waals surface area contributed by atoms with Gasteiger partial charge in [0.1, 0.15) is 5.60 Å². The molecule has 1 aliphatic rings. The summed E-state index contributed by atoms with van der Waals surface area (Å²) in [6, 6.07) is 0. The Labute approximate surface area is 121 Å². The molecular formula is C15H27NO4. The molecule has 0 spiro atoms. The Bertz CT molecular complexity index is 371. The van der Waals surface area contributed by atoms with Gasteiger partial charge in [0, 0.05) is 13.1 Å². The zero-order chi connectivity index (χ0) is 15.6. The quantitative estimate of drug-likeness (QED) is 0.732. The second-order valence-electron chi connectivity index (χ2n) is 7.18.